The first-order chi connectivity index (χ1) is 9.22. The highest BCUT2D eigenvalue weighted by Crippen LogP contribution is 2.37. The molecular weight excluding hydrogens is 238 g/mol. The molecule has 2 rings (SSSR count). The van der Waals surface area contributed by atoms with Gasteiger partial charge in [0.25, 0.3) is 5.56 Å². The summed E-state index contributed by atoms with van der Waals surface area (Å²) in [7, 11) is 0. The van der Waals surface area contributed by atoms with Gasteiger partial charge in [0.15, 0.2) is 0 Å². The molecule has 0 radical (unpaired) electrons. The van der Waals surface area contributed by atoms with Gasteiger partial charge < -0.3 is 10.3 Å². The fraction of sp³-hybridized carbons (Fsp3) is 0.733. The van der Waals surface area contributed by atoms with Crippen LogP contribution >= 0.6 is 0 Å². The summed E-state index contributed by atoms with van der Waals surface area (Å²) in [5.41, 5.74) is -0.0407. The molecule has 1 heterocycles. The lowest BCUT2D eigenvalue weighted by molar-refractivity contribution is 0.472. The van der Waals surface area contributed by atoms with Crippen molar-refractivity contribution in [1.29, 1.82) is 0 Å². The van der Waals surface area contributed by atoms with Gasteiger partial charge in [-0.15, -0.1) is 0 Å². The zero-order valence-corrected chi connectivity index (χ0v) is 12.0. The highest BCUT2D eigenvalue weighted by Gasteiger charge is 2.26. The number of anilines is 1. The molecule has 2 N–H and O–H groups in total. The van der Waals surface area contributed by atoms with Crippen LogP contribution in [0.2, 0.25) is 0 Å². The van der Waals surface area contributed by atoms with Crippen LogP contribution in [0, 0.1) is 5.92 Å². The van der Waals surface area contributed by atoms with E-state index in [9.17, 15) is 4.79 Å². The third-order valence-corrected chi connectivity index (χ3v) is 3.84. The first-order valence-corrected chi connectivity index (χ1v) is 7.58. The van der Waals surface area contributed by atoms with Gasteiger partial charge in [0.05, 0.1) is 0 Å². The molecule has 1 saturated carbocycles. The van der Waals surface area contributed by atoms with Gasteiger partial charge in [-0.1, -0.05) is 33.1 Å². The second-order valence-corrected chi connectivity index (χ2v) is 5.59. The van der Waals surface area contributed by atoms with Crippen LogP contribution in [-0.4, -0.2) is 16.5 Å². The summed E-state index contributed by atoms with van der Waals surface area (Å²) < 4.78 is 0. The highest BCUT2D eigenvalue weighted by molar-refractivity contribution is 5.34. The number of aromatic amines is 1. The molecule has 0 bridgehead atoms. The first-order valence-electron chi connectivity index (χ1n) is 7.58. The Morgan fingerprint density at radius 2 is 2.26 bits per heavy atom. The first kappa shape index (κ1) is 14.1. The second-order valence-electron chi connectivity index (χ2n) is 5.59. The van der Waals surface area contributed by atoms with Crippen molar-refractivity contribution in [2.24, 2.45) is 5.92 Å². The van der Waals surface area contributed by atoms with E-state index < -0.39 is 0 Å². The Hall–Kier alpha value is -1.32. The number of hydrogen-bond acceptors (Lipinski definition) is 3. The lowest BCUT2D eigenvalue weighted by Gasteiger charge is -2.15. The summed E-state index contributed by atoms with van der Waals surface area (Å²) in [6.07, 6.45) is 7.24. The maximum Gasteiger partial charge on any atom is 0.252 e. The van der Waals surface area contributed by atoms with E-state index in [2.05, 4.69) is 29.1 Å². The van der Waals surface area contributed by atoms with Crippen LogP contribution in [0.25, 0.3) is 0 Å². The minimum absolute atomic E-state index is 0.0407. The lowest BCUT2D eigenvalue weighted by atomic mass is 9.99. The maximum absolute atomic E-state index is 11.6. The van der Waals surface area contributed by atoms with Crippen LogP contribution in [0.15, 0.2) is 10.9 Å². The van der Waals surface area contributed by atoms with E-state index in [4.69, 9.17) is 0 Å². The predicted octanol–water partition coefficient (Wildman–Crippen LogP) is 3.28. The predicted molar refractivity (Wildman–Crippen MR) is 78.6 cm³/mol. The zero-order valence-electron chi connectivity index (χ0n) is 12.0. The average Bonchev–Trinajstić information content (AvgIpc) is 3.23. The Bertz CT molecular complexity index is 451. The SMILES string of the molecule is CCCCC(CC)CNc1cc(=O)[nH]c(C2CC2)n1. The number of aromatic nitrogens is 2. The minimum atomic E-state index is -0.0407. The van der Waals surface area contributed by atoms with Crippen molar-refractivity contribution < 1.29 is 0 Å². The van der Waals surface area contributed by atoms with Crippen molar-refractivity contribution >= 4 is 5.82 Å². The van der Waals surface area contributed by atoms with Crippen LogP contribution in [0.4, 0.5) is 5.82 Å². The van der Waals surface area contributed by atoms with Gasteiger partial charge in [-0.05, 0) is 25.2 Å². The summed E-state index contributed by atoms with van der Waals surface area (Å²) in [6, 6.07) is 1.57. The molecular formula is C15H25N3O. The maximum atomic E-state index is 11.6. The fourth-order valence-electron chi connectivity index (χ4n) is 2.31. The third kappa shape index (κ3) is 4.37. The molecule has 1 aliphatic rings. The van der Waals surface area contributed by atoms with Gasteiger partial charge in [-0.3, -0.25) is 4.79 Å². The minimum Gasteiger partial charge on any atom is -0.370 e. The van der Waals surface area contributed by atoms with Crippen LogP contribution in [0.1, 0.15) is 64.1 Å². The molecule has 0 aliphatic heterocycles. The number of unbranched alkanes of at least 4 members (excludes halogenated alkanes) is 1. The molecule has 0 amide bonds. The lowest BCUT2D eigenvalue weighted by Crippen LogP contribution is -2.18. The van der Waals surface area contributed by atoms with E-state index in [0.717, 1.165) is 31.0 Å². The smallest absolute Gasteiger partial charge is 0.252 e. The number of nitrogens with one attached hydrogen (secondary N) is 2. The summed E-state index contributed by atoms with van der Waals surface area (Å²) in [4.78, 5) is 18.9. The standard InChI is InChI=1S/C15H25N3O/c1-3-5-6-11(4-2)10-16-13-9-14(19)18-15(17-13)12-7-8-12/h9,11-12H,3-8,10H2,1-2H3,(H2,16,17,18,19). The molecule has 106 valence electrons. The fourth-order valence-corrected chi connectivity index (χ4v) is 2.31. The number of hydrogen-bond donors (Lipinski definition) is 2. The molecule has 1 atom stereocenters. The molecule has 1 aromatic rings. The molecule has 1 aromatic heterocycles. The quantitative estimate of drug-likeness (QED) is 0.756. The van der Waals surface area contributed by atoms with E-state index in [0.29, 0.717) is 11.8 Å². The van der Waals surface area contributed by atoms with Crippen LogP contribution in [-0.2, 0) is 0 Å². The number of H-pyrrole nitrogens is 1. The summed E-state index contributed by atoms with van der Waals surface area (Å²) in [5.74, 6) is 2.75. The molecule has 0 saturated heterocycles. The van der Waals surface area contributed by atoms with Crippen molar-refractivity contribution in [3.63, 3.8) is 0 Å². The largest absolute Gasteiger partial charge is 0.370 e. The van der Waals surface area contributed by atoms with Gasteiger partial charge in [0.1, 0.15) is 11.6 Å². The molecule has 1 fully saturated rings. The summed E-state index contributed by atoms with van der Waals surface area (Å²) in [6.45, 7) is 5.36. The monoisotopic (exact) mass is 263 g/mol. The Morgan fingerprint density at radius 1 is 1.47 bits per heavy atom. The van der Waals surface area contributed by atoms with E-state index >= 15 is 0 Å². The molecule has 1 unspecified atom stereocenters. The second kappa shape index (κ2) is 6.73. The van der Waals surface area contributed by atoms with Gasteiger partial charge in [-0.2, -0.15) is 0 Å². The summed E-state index contributed by atoms with van der Waals surface area (Å²) >= 11 is 0. The van der Waals surface area contributed by atoms with Gasteiger partial charge in [-0.25, -0.2) is 4.98 Å². The van der Waals surface area contributed by atoms with Crippen LogP contribution < -0.4 is 10.9 Å². The van der Waals surface area contributed by atoms with Gasteiger partial charge >= 0.3 is 0 Å². The van der Waals surface area contributed by atoms with Crippen molar-refractivity contribution in [2.75, 3.05) is 11.9 Å². The third-order valence-electron chi connectivity index (χ3n) is 3.84. The topological polar surface area (TPSA) is 57.8 Å². The summed E-state index contributed by atoms with van der Waals surface area (Å²) in [5, 5.41) is 3.34. The van der Waals surface area contributed by atoms with Crippen molar-refractivity contribution in [1.82, 2.24) is 9.97 Å². The normalized spacial score (nSPS) is 16.3. The molecule has 19 heavy (non-hydrogen) atoms. The van der Waals surface area contributed by atoms with E-state index in [1.807, 2.05) is 0 Å². The molecule has 4 nitrogen and oxygen atoms in total. The van der Waals surface area contributed by atoms with Crippen molar-refractivity contribution in [3.8, 4) is 0 Å². The average molecular weight is 263 g/mol. The van der Waals surface area contributed by atoms with Crippen molar-refractivity contribution in [3.05, 3.63) is 22.2 Å². The Morgan fingerprint density at radius 3 is 2.89 bits per heavy atom. The Kier molecular flexibility index (Phi) is 5.00. The van der Waals surface area contributed by atoms with E-state index in [1.54, 1.807) is 6.07 Å². The number of rotatable bonds is 8. The van der Waals surface area contributed by atoms with E-state index in [1.165, 1.54) is 25.7 Å². The van der Waals surface area contributed by atoms with Gasteiger partial charge in [0.2, 0.25) is 0 Å². The van der Waals surface area contributed by atoms with Gasteiger partial charge in [0, 0.05) is 18.5 Å². The van der Waals surface area contributed by atoms with Crippen LogP contribution in [0.5, 0.6) is 0 Å². The molecule has 0 spiro atoms. The Labute approximate surface area is 115 Å². The zero-order chi connectivity index (χ0) is 13.7. The molecule has 4 heteroatoms. The molecule has 0 aromatic carbocycles. The number of nitrogens with zero attached hydrogens (tertiary/aromatic N) is 1. The van der Waals surface area contributed by atoms with Crippen molar-refractivity contribution in [2.45, 2.75) is 58.3 Å². The molecule has 1 aliphatic carbocycles. The Balaban J connectivity index is 1.92. The van der Waals surface area contributed by atoms with E-state index in [-0.39, 0.29) is 5.56 Å². The highest BCUT2D eigenvalue weighted by atomic mass is 16.1. The van der Waals surface area contributed by atoms with Crippen LogP contribution in [0.3, 0.4) is 0 Å².